The van der Waals surface area contributed by atoms with Crippen molar-refractivity contribution in [2.24, 2.45) is 0 Å². The summed E-state index contributed by atoms with van der Waals surface area (Å²) >= 11 is 0. The van der Waals surface area contributed by atoms with Gasteiger partial charge in [-0.05, 0) is 38.9 Å². The van der Waals surface area contributed by atoms with Gasteiger partial charge in [0.05, 0.1) is 12.6 Å². The summed E-state index contributed by atoms with van der Waals surface area (Å²) in [7, 11) is -1.89. The zero-order valence-electron chi connectivity index (χ0n) is 16.2. The molecule has 0 aromatic heterocycles. The van der Waals surface area contributed by atoms with Crippen molar-refractivity contribution in [3.8, 4) is 0 Å². The summed E-state index contributed by atoms with van der Waals surface area (Å²) in [5.41, 5.74) is -0.539. The highest BCUT2D eigenvalue weighted by Gasteiger charge is 2.38. The molecule has 0 aromatic carbocycles. The molecule has 0 bridgehead atoms. The Morgan fingerprint density at radius 3 is 2.04 bits per heavy atom. The quantitative estimate of drug-likeness (QED) is 0.484. The Morgan fingerprint density at radius 2 is 1.70 bits per heavy atom. The van der Waals surface area contributed by atoms with E-state index in [1.165, 1.54) is 0 Å². The molecule has 0 rings (SSSR count). The van der Waals surface area contributed by atoms with Crippen LogP contribution in [0.15, 0.2) is 25.3 Å². The highest BCUT2D eigenvalue weighted by atomic mass is 28.4. The van der Waals surface area contributed by atoms with Crippen molar-refractivity contribution >= 4 is 14.4 Å². The average Bonchev–Trinajstić information content (AvgIpc) is 2.34. The van der Waals surface area contributed by atoms with Crippen molar-refractivity contribution in [2.45, 2.75) is 71.3 Å². The van der Waals surface area contributed by atoms with Crippen LogP contribution in [0.3, 0.4) is 0 Å². The van der Waals surface area contributed by atoms with Crippen LogP contribution in [0.4, 0.5) is 4.79 Å². The molecule has 0 aromatic rings. The zero-order chi connectivity index (χ0) is 18.5. The maximum atomic E-state index is 12.4. The first-order valence-corrected chi connectivity index (χ1v) is 11.0. The molecule has 0 saturated carbocycles. The molecule has 23 heavy (non-hydrogen) atoms. The molecule has 0 heterocycles. The molecular formula is C18H35NO3Si. The van der Waals surface area contributed by atoms with Crippen LogP contribution >= 0.6 is 0 Å². The van der Waals surface area contributed by atoms with Crippen molar-refractivity contribution in [3.63, 3.8) is 0 Å². The highest BCUT2D eigenvalue weighted by molar-refractivity contribution is 6.74. The van der Waals surface area contributed by atoms with E-state index < -0.39 is 13.9 Å². The highest BCUT2D eigenvalue weighted by Crippen LogP contribution is 2.36. The van der Waals surface area contributed by atoms with Crippen LogP contribution in [0.25, 0.3) is 0 Å². The largest absolute Gasteiger partial charge is 0.444 e. The Labute approximate surface area is 143 Å². The topological polar surface area (TPSA) is 38.8 Å². The number of nitrogens with zero attached hydrogens (tertiary/aromatic N) is 1. The van der Waals surface area contributed by atoms with Crippen LogP contribution in [0.2, 0.25) is 18.1 Å². The van der Waals surface area contributed by atoms with E-state index in [-0.39, 0.29) is 17.2 Å². The Hall–Kier alpha value is -1.07. The predicted octanol–water partition coefficient (Wildman–Crippen LogP) is 4.99. The molecule has 0 N–H and O–H groups in total. The van der Waals surface area contributed by atoms with E-state index in [1.807, 2.05) is 20.8 Å². The number of carbonyl (C=O) groups excluding carboxylic acids is 1. The molecule has 0 unspecified atom stereocenters. The standard InChI is InChI=1S/C18H35NO3Si/c1-11-13-19(16(20)22-17(3,4)5)15(12-2)14-21-23(9,10)18(6,7)8/h11-12,15H,1-2,13-14H2,3-10H3/t15-/m1/s1. The van der Waals surface area contributed by atoms with Gasteiger partial charge in [0.1, 0.15) is 5.60 Å². The molecule has 0 spiro atoms. The fraction of sp³-hybridized carbons (Fsp3) is 0.722. The summed E-state index contributed by atoms with van der Waals surface area (Å²) in [6, 6.07) is -0.239. The van der Waals surface area contributed by atoms with Crippen LogP contribution in [-0.2, 0) is 9.16 Å². The van der Waals surface area contributed by atoms with Crippen LogP contribution < -0.4 is 0 Å². The van der Waals surface area contributed by atoms with Crippen molar-refractivity contribution < 1.29 is 14.0 Å². The Kier molecular flexibility index (Phi) is 7.77. The van der Waals surface area contributed by atoms with Crippen molar-refractivity contribution in [1.82, 2.24) is 4.90 Å². The lowest BCUT2D eigenvalue weighted by molar-refractivity contribution is 0.0181. The Balaban J connectivity index is 5.09. The van der Waals surface area contributed by atoms with Crippen molar-refractivity contribution in [2.75, 3.05) is 13.2 Å². The predicted molar refractivity (Wildman–Crippen MR) is 100 cm³/mol. The normalized spacial score (nSPS) is 14.1. The number of ether oxygens (including phenoxy) is 1. The first-order chi connectivity index (χ1) is 10.2. The van der Waals surface area contributed by atoms with Crippen molar-refractivity contribution in [3.05, 3.63) is 25.3 Å². The molecule has 5 heteroatoms. The molecular weight excluding hydrogens is 306 g/mol. The molecule has 0 fully saturated rings. The lowest BCUT2D eigenvalue weighted by Crippen LogP contribution is -2.48. The summed E-state index contributed by atoms with van der Waals surface area (Å²) in [4.78, 5) is 14.0. The lowest BCUT2D eigenvalue weighted by Gasteiger charge is -2.38. The van der Waals surface area contributed by atoms with Gasteiger partial charge < -0.3 is 9.16 Å². The molecule has 1 amide bonds. The van der Waals surface area contributed by atoms with Gasteiger partial charge in [-0.3, -0.25) is 4.90 Å². The maximum absolute atomic E-state index is 12.4. The van der Waals surface area contributed by atoms with E-state index in [0.717, 1.165) is 0 Å². The van der Waals surface area contributed by atoms with Gasteiger partial charge in [0.2, 0.25) is 0 Å². The minimum absolute atomic E-state index is 0.119. The summed E-state index contributed by atoms with van der Waals surface area (Å²) < 4.78 is 11.7. The molecule has 0 aliphatic rings. The van der Waals surface area contributed by atoms with Crippen LogP contribution in [0, 0.1) is 0 Å². The molecule has 0 saturated heterocycles. The number of hydrogen-bond donors (Lipinski definition) is 0. The Morgan fingerprint density at radius 1 is 1.17 bits per heavy atom. The monoisotopic (exact) mass is 341 g/mol. The maximum Gasteiger partial charge on any atom is 0.411 e. The molecule has 1 atom stereocenters. The van der Waals surface area contributed by atoms with E-state index in [9.17, 15) is 4.79 Å². The second-order valence-electron chi connectivity index (χ2n) is 8.30. The second-order valence-corrected chi connectivity index (χ2v) is 13.1. The van der Waals surface area contributed by atoms with E-state index in [1.54, 1.807) is 17.1 Å². The van der Waals surface area contributed by atoms with E-state index in [4.69, 9.17) is 9.16 Å². The van der Waals surface area contributed by atoms with Gasteiger partial charge in [0.25, 0.3) is 0 Å². The Bertz CT molecular complexity index is 419. The van der Waals surface area contributed by atoms with Gasteiger partial charge in [-0.2, -0.15) is 0 Å². The summed E-state index contributed by atoms with van der Waals surface area (Å²) in [5, 5.41) is 0.119. The fourth-order valence-corrected chi connectivity index (χ4v) is 2.62. The molecule has 4 nitrogen and oxygen atoms in total. The molecule has 0 aliphatic carbocycles. The van der Waals surface area contributed by atoms with Gasteiger partial charge >= 0.3 is 6.09 Å². The molecule has 134 valence electrons. The first-order valence-electron chi connectivity index (χ1n) is 8.12. The number of rotatable bonds is 7. The summed E-state index contributed by atoms with van der Waals surface area (Å²) in [6.07, 6.45) is 3.05. The minimum Gasteiger partial charge on any atom is -0.444 e. The molecule has 0 radical (unpaired) electrons. The van der Waals surface area contributed by atoms with Crippen LogP contribution in [0.1, 0.15) is 41.5 Å². The third-order valence-electron chi connectivity index (χ3n) is 4.05. The molecule has 0 aliphatic heterocycles. The SMILES string of the molecule is C=CCN(C(=O)OC(C)(C)C)[C@H](C=C)CO[Si](C)(C)C(C)(C)C. The van der Waals surface area contributed by atoms with Crippen LogP contribution in [-0.4, -0.2) is 44.1 Å². The van der Waals surface area contributed by atoms with Crippen LogP contribution in [0.5, 0.6) is 0 Å². The van der Waals surface area contributed by atoms with Gasteiger partial charge in [-0.25, -0.2) is 4.79 Å². The van der Waals surface area contributed by atoms with Gasteiger partial charge in [-0.15, -0.1) is 13.2 Å². The number of hydrogen-bond acceptors (Lipinski definition) is 3. The zero-order valence-corrected chi connectivity index (χ0v) is 17.2. The summed E-state index contributed by atoms with van der Waals surface area (Å²) in [6.45, 7) is 24.9. The van der Waals surface area contributed by atoms with Crippen molar-refractivity contribution in [1.29, 1.82) is 0 Å². The lowest BCUT2D eigenvalue weighted by atomic mass is 10.2. The summed E-state index contributed by atoms with van der Waals surface area (Å²) in [5.74, 6) is 0. The van der Waals surface area contributed by atoms with Gasteiger partial charge in [0, 0.05) is 6.54 Å². The number of amides is 1. The third-order valence-corrected chi connectivity index (χ3v) is 8.55. The average molecular weight is 342 g/mol. The number of carbonyl (C=O) groups is 1. The van der Waals surface area contributed by atoms with E-state index in [0.29, 0.717) is 13.2 Å². The van der Waals surface area contributed by atoms with Gasteiger partial charge in [-0.1, -0.05) is 32.9 Å². The smallest absolute Gasteiger partial charge is 0.411 e. The van der Waals surface area contributed by atoms with E-state index >= 15 is 0 Å². The minimum atomic E-state index is -1.89. The fourth-order valence-electron chi connectivity index (χ4n) is 1.60. The third kappa shape index (κ3) is 7.35. The van der Waals surface area contributed by atoms with E-state index in [2.05, 4.69) is 47.0 Å². The first kappa shape index (κ1) is 21.9. The second kappa shape index (κ2) is 8.15. The van der Waals surface area contributed by atoms with Gasteiger partial charge in [0.15, 0.2) is 8.32 Å².